The van der Waals surface area contributed by atoms with Crippen molar-refractivity contribution in [2.75, 3.05) is 13.2 Å². The van der Waals surface area contributed by atoms with Gasteiger partial charge in [0, 0.05) is 12.5 Å². The van der Waals surface area contributed by atoms with Crippen molar-refractivity contribution in [3.05, 3.63) is 37.6 Å². The number of allylic oxidation sites excluding steroid dienone is 2. The monoisotopic (exact) mass is 182 g/mol. The third-order valence-electron chi connectivity index (χ3n) is 1.13. The fraction of sp³-hybridized carbons (Fsp3) is 0.300. The molecule has 0 rings (SSSR count). The average Bonchev–Trinajstić information content (AvgIpc) is 2.16. The molecule has 0 radical (unpaired) electrons. The van der Waals surface area contributed by atoms with Crippen LogP contribution in [0, 0.1) is 0 Å². The first-order valence-electron chi connectivity index (χ1n) is 3.99. The summed E-state index contributed by atoms with van der Waals surface area (Å²) in [6, 6.07) is 0. The lowest BCUT2D eigenvalue weighted by atomic mass is 10.5. The number of carbonyl (C=O) groups is 1. The van der Waals surface area contributed by atoms with E-state index >= 15 is 0 Å². The molecular weight excluding hydrogens is 168 g/mol. The Hall–Kier alpha value is -1.51. The summed E-state index contributed by atoms with van der Waals surface area (Å²) in [6.45, 7) is 7.63. The highest BCUT2D eigenvalue weighted by Gasteiger charge is 1.93. The molecule has 0 bridgehead atoms. The highest BCUT2D eigenvalue weighted by molar-refractivity contribution is 5.81. The van der Waals surface area contributed by atoms with E-state index in [0.717, 1.165) is 6.08 Å². The van der Waals surface area contributed by atoms with Crippen molar-refractivity contribution < 1.29 is 14.3 Å². The number of hydrogen-bond donors (Lipinski definition) is 0. The van der Waals surface area contributed by atoms with Gasteiger partial charge in [-0.05, 0) is 6.08 Å². The molecular formula is C10H14O3. The summed E-state index contributed by atoms with van der Waals surface area (Å²) in [7, 11) is 0. The zero-order chi connectivity index (χ0) is 9.94. The summed E-state index contributed by atoms with van der Waals surface area (Å²) in [5.74, 6) is -0.401. The van der Waals surface area contributed by atoms with E-state index in [2.05, 4.69) is 13.2 Å². The summed E-state index contributed by atoms with van der Waals surface area (Å²) in [4.78, 5) is 10.5. The van der Waals surface area contributed by atoms with Crippen molar-refractivity contribution >= 4 is 5.97 Å². The largest absolute Gasteiger partial charge is 0.501 e. The van der Waals surface area contributed by atoms with E-state index in [4.69, 9.17) is 9.47 Å². The molecule has 72 valence electrons. The predicted molar refractivity (Wildman–Crippen MR) is 51.1 cm³/mol. The molecule has 0 aliphatic heterocycles. The SMILES string of the molecule is C=C/C=C/OCCCOC(=O)C=C. The second-order valence-electron chi connectivity index (χ2n) is 2.16. The fourth-order valence-corrected chi connectivity index (χ4v) is 0.553. The Kier molecular flexibility index (Phi) is 7.59. The molecule has 0 saturated carbocycles. The molecule has 3 heteroatoms. The molecule has 0 atom stereocenters. The normalized spacial score (nSPS) is 9.54. The average molecular weight is 182 g/mol. The van der Waals surface area contributed by atoms with Crippen LogP contribution in [0.4, 0.5) is 0 Å². The van der Waals surface area contributed by atoms with Crippen LogP contribution in [0.15, 0.2) is 37.6 Å². The van der Waals surface area contributed by atoms with Crippen molar-refractivity contribution in [3.8, 4) is 0 Å². The number of rotatable bonds is 7. The van der Waals surface area contributed by atoms with Gasteiger partial charge in [-0.15, -0.1) is 0 Å². The zero-order valence-corrected chi connectivity index (χ0v) is 7.57. The first-order valence-corrected chi connectivity index (χ1v) is 3.99. The lowest BCUT2D eigenvalue weighted by Gasteiger charge is -2.01. The molecule has 13 heavy (non-hydrogen) atoms. The van der Waals surface area contributed by atoms with E-state index in [9.17, 15) is 4.79 Å². The third kappa shape index (κ3) is 8.40. The van der Waals surface area contributed by atoms with Gasteiger partial charge >= 0.3 is 5.97 Å². The van der Waals surface area contributed by atoms with E-state index in [0.29, 0.717) is 19.6 Å². The van der Waals surface area contributed by atoms with Crippen molar-refractivity contribution in [3.63, 3.8) is 0 Å². The van der Waals surface area contributed by atoms with Crippen molar-refractivity contribution in [1.29, 1.82) is 0 Å². The van der Waals surface area contributed by atoms with Gasteiger partial charge in [0.2, 0.25) is 0 Å². The molecule has 0 aromatic rings. The van der Waals surface area contributed by atoms with Crippen LogP contribution in [0.2, 0.25) is 0 Å². The Morgan fingerprint density at radius 2 is 2.08 bits per heavy atom. The number of hydrogen-bond acceptors (Lipinski definition) is 3. The van der Waals surface area contributed by atoms with Crippen molar-refractivity contribution in [1.82, 2.24) is 0 Å². The second-order valence-corrected chi connectivity index (χ2v) is 2.16. The minimum atomic E-state index is -0.401. The van der Waals surface area contributed by atoms with Crippen LogP contribution in [0.25, 0.3) is 0 Å². The van der Waals surface area contributed by atoms with Crippen molar-refractivity contribution in [2.24, 2.45) is 0 Å². The molecule has 0 aromatic heterocycles. The minimum Gasteiger partial charge on any atom is -0.501 e. The second kappa shape index (κ2) is 8.59. The fourth-order valence-electron chi connectivity index (χ4n) is 0.553. The molecule has 0 aliphatic rings. The first-order chi connectivity index (χ1) is 6.31. The predicted octanol–water partition coefficient (Wildman–Crippen LogP) is 1.82. The van der Waals surface area contributed by atoms with E-state index < -0.39 is 5.97 Å². The quantitative estimate of drug-likeness (QED) is 0.198. The summed E-state index contributed by atoms with van der Waals surface area (Å²) < 4.78 is 9.74. The van der Waals surface area contributed by atoms with Crippen LogP contribution >= 0.6 is 0 Å². The molecule has 0 heterocycles. The Labute approximate surface area is 78.3 Å². The Morgan fingerprint density at radius 3 is 2.69 bits per heavy atom. The molecule has 0 unspecified atom stereocenters. The van der Waals surface area contributed by atoms with Crippen LogP contribution < -0.4 is 0 Å². The molecule has 0 aliphatic carbocycles. The number of carbonyl (C=O) groups excluding carboxylic acids is 1. The van der Waals surface area contributed by atoms with Crippen molar-refractivity contribution in [2.45, 2.75) is 6.42 Å². The summed E-state index contributed by atoms with van der Waals surface area (Å²) >= 11 is 0. The van der Waals surface area contributed by atoms with E-state index in [-0.39, 0.29) is 0 Å². The molecule has 0 spiro atoms. The van der Waals surface area contributed by atoms with Crippen LogP contribution in [0.3, 0.4) is 0 Å². The molecule has 0 saturated heterocycles. The Morgan fingerprint density at radius 1 is 1.31 bits per heavy atom. The van der Waals surface area contributed by atoms with E-state index in [1.165, 1.54) is 0 Å². The van der Waals surface area contributed by atoms with Gasteiger partial charge in [0.15, 0.2) is 0 Å². The van der Waals surface area contributed by atoms with Gasteiger partial charge in [-0.2, -0.15) is 0 Å². The van der Waals surface area contributed by atoms with Crippen LogP contribution in [0.1, 0.15) is 6.42 Å². The van der Waals surface area contributed by atoms with Crippen LogP contribution in [0.5, 0.6) is 0 Å². The minimum absolute atomic E-state index is 0.354. The molecule has 0 aromatic carbocycles. The van der Waals surface area contributed by atoms with Gasteiger partial charge in [0.05, 0.1) is 19.5 Å². The maximum absolute atomic E-state index is 10.5. The van der Waals surface area contributed by atoms with Gasteiger partial charge in [-0.3, -0.25) is 0 Å². The van der Waals surface area contributed by atoms with Gasteiger partial charge in [-0.25, -0.2) is 4.79 Å². The van der Waals surface area contributed by atoms with Gasteiger partial charge in [-0.1, -0.05) is 19.2 Å². The molecule has 0 fully saturated rings. The Bertz CT molecular complexity index is 194. The lowest BCUT2D eigenvalue weighted by molar-refractivity contribution is -0.138. The zero-order valence-electron chi connectivity index (χ0n) is 7.57. The highest BCUT2D eigenvalue weighted by atomic mass is 16.5. The topological polar surface area (TPSA) is 35.5 Å². The molecule has 3 nitrogen and oxygen atoms in total. The van der Waals surface area contributed by atoms with E-state index in [1.807, 2.05) is 0 Å². The van der Waals surface area contributed by atoms with E-state index in [1.54, 1.807) is 18.4 Å². The van der Waals surface area contributed by atoms with Crippen LogP contribution in [-0.2, 0) is 14.3 Å². The van der Waals surface area contributed by atoms with Gasteiger partial charge < -0.3 is 9.47 Å². The number of esters is 1. The third-order valence-corrected chi connectivity index (χ3v) is 1.13. The van der Waals surface area contributed by atoms with Gasteiger partial charge in [0.25, 0.3) is 0 Å². The standard InChI is InChI=1S/C10H14O3/c1-3-5-7-12-8-6-9-13-10(11)4-2/h3-5,7H,1-2,6,8-9H2/b7-5+. The summed E-state index contributed by atoms with van der Waals surface area (Å²) in [5, 5.41) is 0. The maximum Gasteiger partial charge on any atom is 0.330 e. The molecule has 0 amide bonds. The Balaban J connectivity index is 3.16. The molecule has 0 N–H and O–H groups in total. The number of ether oxygens (including phenoxy) is 2. The first kappa shape index (κ1) is 11.5. The lowest BCUT2D eigenvalue weighted by Crippen LogP contribution is -2.03. The summed E-state index contributed by atoms with van der Waals surface area (Å²) in [5.41, 5.74) is 0. The van der Waals surface area contributed by atoms with Crippen LogP contribution in [-0.4, -0.2) is 19.2 Å². The summed E-state index contributed by atoms with van der Waals surface area (Å²) in [6.07, 6.45) is 6.66. The highest BCUT2D eigenvalue weighted by Crippen LogP contribution is 1.87. The maximum atomic E-state index is 10.5. The van der Waals surface area contributed by atoms with Gasteiger partial charge in [0.1, 0.15) is 0 Å². The smallest absolute Gasteiger partial charge is 0.330 e.